The first-order chi connectivity index (χ1) is 11.3. The molecule has 0 N–H and O–H groups in total. The molecule has 2 aliphatic rings. The molecule has 2 unspecified atom stereocenters. The molecule has 1 aromatic rings. The molecule has 0 spiro atoms. The van der Waals surface area contributed by atoms with Crippen molar-refractivity contribution >= 4 is 0 Å². The molecular formula is C18H21N3O2. The van der Waals surface area contributed by atoms with E-state index in [2.05, 4.69) is 22.8 Å². The smallest absolute Gasteiger partial charge is 0.250 e. The molecule has 0 aromatic carbocycles. The van der Waals surface area contributed by atoms with Crippen molar-refractivity contribution in [3.8, 4) is 17.9 Å². The third kappa shape index (κ3) is 3.82. The highest BCUT2D eigenvalue weighted by atomic mass is 16.5. The van der Waals surface area contributed by atoms with Gasteiger partial charge in [0.25, 0.3) is 5.56 Å². The van der Waals surface area contributed by atoms with E-state index < -0.39 is 0 Å². The average Bonchev–Trinajstić information content (AvgIpc) is 2.55. The van der Waals surface area contributed by atoms with Crippen molar-refractivity contribution in [2.24, 2.45) is 5.92 Å². The summed E-state index contributed by atoms with van der Waals surface area (Å²) >= 11 is 0. The van der Waals surface area contributed by atoms with Gasteiger partial charge < -0.3 is 9.30 Å². The number of ether oxygens (including phenoxy) is 1. The first-order valence-corrected chi connectivity index (χ1v) is 8.10. The van der Waals surface area contributed by atoms with Crippen LogP contribution in [0.4, 0.5) is 0 Å². The van der Waals surface area contributed by atoms with Crippen molar-refractivity contribution in [1.29, 1.82) is 5.26 Å². The Labute approximate surface area is 136 Å². The molecule has 3 heterocycles. The quantitative estimate of drug-likeness (QED) is 0.619. The number of rotatable bonds is 4. The zero-order valence-electron chi connectivity index (χ0n) is 13.2. The summed E-state index contributed by atoms with van der Waals surface area (Å²) in [5.41, 5.74) is 1.30. The van der Waals surface area contributed by atoms with Gasteiger partial charge in [-0.05, 0) is 18.4 Å². The predicted molar refractivity (Wildman–Crippen MR) is 86.8 cm³/mol. The molecule has 2 aliphatic heterocycles. The Morgan fingerprint density at radius 1 is 1.26 bits per heavy atom. The number of nitriles is 1. The number of hydrogen-bond acceptors (Lipinski definition) is 4. The molecule has 1 aromatic heterocycles. The first-order valence-electron chi connectivity index (χ1n) is 8.10. The number of likely N-dealkylation sites (tertiary alicyclic amines) is 1. The second kappa shape index (κ2) is 7.46. The van der Waals surface area contributed by atoms with Gasteiger partial charge in [0.15, 0.2) is 0 Å². The normalized spacial score (nSPS) is 22.6. The van der Waals surface area contributed by atoms with E-state index in [4.69, 9.17) is 10.00 Å². The summed E-state index contributed by atoms with van der Waals surface area (Å²) in [5.74, 6) is 7.14. The molecule has 5 heteroatoms. The number of hydrogen-bond donors (Lipinski definition) is 0. The minimum absolute atomic E-state index is 0.125. The van der Waals surface area contributed by atoms with Crippen LogP contribution in [0.15, 0.2) is 23.0 Å². The second-order valence-electron chi connectivity index (χ2n) is 6.21. The van der Waals surface area contributed by atoms with Gasteiger partial charge in [0.1, 0.15) is 6.61 Å². The molecule has 3 rings (SSSR count). The van der Waals surface area contributed by atoms with Crippen molar-refractivity contribution in [1.82, 2.24) is 9.47 Å². The Bertz CT molecular complexity index is 707. The van der Waals surface area contributed by atoms with E-state index in [1.54, 1.807) is 6.07 Å². The Kier molecular flexibility index (Phi) is 5.12. The lowest BCUT2D eigenvalue weighted by atomic mass is 9.83. The average molecular weight is 311 g/mol. The summed E-state index contributed by atoms with van der Waals surface area (Å²) in [5, 5.41) is 8.41. The molecule has 1 saturated heterocycles. The van der Waals surface area contributed by atoms with Gasteiger partial charge in [-0.2, -0.15) is 5.26 Å². The number of fused-ring (bicyclic) bond motifs is 4. The molecule has 0 saturated carbocycles. The highest BCUT2D eigenvalue weighted by Gasteiger charge is 2.33. The standard InChI is InChI=1S/C18H21N3O2/c19-7-4-10-23-9-2-1-8-20-12-15-11-16(14-20)17-5-3-6-18(22)21(17)13-15/h3,5-6,15-16H,4,8-14H2. The van der Waals surface area contributed by atoms with E-state index in [-0.39, 0.29) is 5.56 Å². The Morgan fingerprint density at radius 3 is 3.04 bits per heavy atom. The monoisotopic (exact) mass is 311 g/mol. The fourth-order valence-electron chi connectivity index (χ4n) is 3.58. The molecule has 0 radical (unpaired) electrons. The van der Waals surface area contributed by atoms with Crippen molar-refractivity contribution in [2.75, 3.05) is 32.8 Å². The lowest BCUT2D eigenvalue weighted by molar-refractivity contribution is 0.133. The summed E-state index contributed by atoms with van der Waals surface area (Å²) in [6.45, 7) is 4.37. The van der Waals surface area contributed by atoms with Crippen LogP contribution >= 0.6 is 0 Å². The molecule has 1 fully saturated rings. The van der Waals surface area contributed by atoms with E-state index in [9.17, 15) is 4.79 Å². The van der Waals surface area contributed by atoms with Gasteiger partial charge in [-0.1, -0.05) is 17.9 Å². The minimum Gasteiger partial charge on any atom is -0.368 e. The Morgan fingerprint density at radius 2 is 2.17 bits per heavy atom. The van der Waals surface area contributed by atoms with E-state index in [1.807, 2.05) is 16.7 Å². The third-order valence-electron chi connectivity index (χ3n) is 4.52. The van der Waals surface area contributed by atoms with E-state index in [0.717, 1.165) is 26.2 Å². The predicted octanol–water partition coefficient (Wildman–Crippen LogP) is 1.20. The summed E-state index contributed by atoms with van der Waals surface area (Å²) in [6, 6.07) is 7.64. The topological polar surface area (TPSA) is 58.3 Å². The first kappa shape index (κ1) is 15.8. The maximum absolute atomic E-state index is 12.0. The number of piperidine rings is 1. The maximum atomic E-state index is 12.0. The van der Waals surface area contributed by atoms with Crippen LogP contribution < -0.4 is 5.56 Å². The largest absolute Gasteiger partial charge is 0.368 e. The van der Waals surface area contributed by atoms with Gasteiger partial charge >= 0.3 is 0 Å². The zero-order chi connectivity index (χ0) is 16.1. The number of nitrogens with zero attached hydrogens (tertiary/aromatic N) is 3. The maximum Gasteiger partial charge on any atom is 0.250 e. The van der Waals surface area contributed by atoms with Crippen LogP contribution in [0.5, 0.6) is 0 Å². The summed E-state index contributed by atoms with van der Waals surface area (Å²) in [6.07, 6.45) is 1.58. The third-order valence-corrected chi connectivity index (χ3v) is 4.52. The van der Waals surface area contributed by atoms with Gasteiger partial charge in [0, 0.05) is 37.3 Å². The van der Waals surface area contributed by atoms with Crippen LogP contribution in [-0.4, -0.2) is 42.3 Å². The lowest BCUT2D eigenvalue weighted by Gasteiger charge is -2.42. The lowest BCUT2D eigenvalue weighted by Crippen LogP contribution is -2.47. The van der Waals surface area contributed by atoms with E-state index in [1.165, 1.54) is 12.1 Å². The molecule has 120 valence electrons. The Balaban J connectivity index is 1.55. The SMILES string of the molecule is N#CCCOCC#CCN1CC2CC(C1)c1cccc(=O)n1C2. The highest BCUT2D eigenvalue weighted by molar-refractivity contribution is 5.17. The van der Waals surface area contributed by atoms with Crippen molar-refractivity contribution < 1.29 is 4.74 Å². The highest BCUT2D eigenvalue weighted by Crippen LogP contribution is 2.34. The van der Waals surface area contributed by atoms with E-state index >= 15 is 0 Å². The number of pyridine rings is 1. The molecule has 0 amide bonds. The van der Waals surface area contributed by atoms with Crippen LogP contribution in [0.3, 0.4) is 0 Å². The number of aromatic nitrogens is 1. The fraction of sp³-hybridized carbons (Fsp3) is 0.556. The van der Waals surface area contributed by atoms with Gasteiger partial charge in [0.2, 0.25) is 0 Å². The van der Waals surface area contributed by atoms with Crippen LogP contribution in [0.25, 0.3) is 0 Å². The van der Waals surface area contributed by atoms with Crippen LogP contribution in [-0.2, 0) is 11.3 Å². The minimum atomic E-state index is 0.125. The van der Waals surface area contributed by atoms with Crippen molar-refractivity contribution in [3.05, 3.63) is 34.2 Å². The zero-order valence-corrected chi connectivity index (χ0v) is 13.2. The van der Waals surface area contributed by atoms with Crippen LogP contribution in [0.1, 0.15) is 24.5 Å². The molecule has 23 heavy (non-hydrogen) atoms. The fourth-order valence-corrected chi connectivity index (χ4v) is 3.58. The van der Waals surface area contributed by atoms with Crippen LogP contribution in [0, 0.1) is 29.1 Å². The molecule has 0 aliphatic carbocycles. The van der Waals surface area contributed by atoms with Crippen molar-refractivity contribution in [2.45, 2.75) is 25.3 Å². The summed E-state index contributed by atoms with van der Waals surface area (Å²) in [7, 11) is 0. The van der Waals surface area contributed by atoms with Crippen molar-refractivity contribution in [3.63, 3.8) is 0 Å². The van der Waals surface area contributed by atoms with Gasteiger partial charge in [-0.3, -0.25) is 9.69 Å². The Hall–Kier alpha value is -2.08. The van der Waals surface area contributed by atoms with Gasteiger partial charge in [-0.15, -0.1) is 0 Å². The molecular weight excluding hydrogens is 290 g/mol. The molecule has 2 atom stereocenters. The van der Waals surface area contributed by atoms with E-state index in [0.29, 0.717) is 31.5 Å². The molecule has 2 bridgehead atoms. The summed E-state index contributed by atoms with van der Waals surface area (Å²) in [4.78, 5) is 14.4. The second-order valence-corrected chi connectivity index (χ2v) is 6.21. The summed E-state index contributed by atoms with van der Waals surface area (Å²) < 4.78 is 7.19. The van der Waals surface area contributed by atoms with Gasteiger partial charge in [0.05, 0.1) is 25.6 Å². The van der Waals surface area contributed by atoms with Gasteiger partial charge in [-0.25, -0.2) is 0 Å². The molecule has 5 nitrogen and oxygen atoms in total. The van der Waals surface area contributed by atoms with Crippen LogP contribution in [0.2, 0.25) is 0 Å².